The summed E-state index contributed by atoms with van der Waals surface area (Å²) in [5.74, 6) is -1.68. The predicted octanol–water partition coefficient (Wildman–Crippen LogP) is -0.595. The summed E-state index contributed by atoms with van der Waals surface area (Å²) in [5.41, 5.74) is 6.17. The van der Waals surface area contributed by atoms with Crippen molar-refractivity contribution < 1.29 is 29.3 Å². The van der Waals surface area contributed by atoms with Gasteiger partial charge in [-0.3, -0.25) is 9.59 Å². The third kappa shape index (κ3) is 7.63. The number of ether oxygens (including phenoxy) is 1. The molecule has 0 saturated carbocycles. The van der Waals surface area contributed by atoms with Crippen LogP contribution in [0.1, 0.15) is 30.1 Å². The van der Waals surface area contributed by atoms with Crippen molar-refractivity contribution in [3.8, 4) is 0 Å². The van der Waals surface area contributed by atoms with E-state index in [0.29, 0.717) is 18.7 Å². The zero-order chi connectivity index (χ0) is 20.2. The molecule has 27 heavy (non-hydrogen) atoms. The van der Waals surface area contributed by atoms with Gasteiger partial charge in [0.05, 0.1) is 19.8 Å². The summed E-state index contributed by atoms with van der Waals surface area (Å²) >= 11 is 0. The van der Waals surface area contributed by atoms with Crippen LogP contribution in [0, 0.1) is 0 Å². The lowest BCUT2D eigenvalue weighted by molar-refractivity contribution is -0.145. The van der Waals surface area contributed by atoms with Gasteiger partial charge in [0.25, 0.3) is 5.91 Å². The molecule has 1 aromatic rings. The quantitative estimate of drug-likeness (QED) is 0.354. The molecule has 0 aliphatic carbocycles. The molecule has 2 amide bonds. The fraction of sp³-hybridized carbons (Fsp3) is 0.500. The van der Waals surface area contributed by atoms with E-state index in [-0.39, 0.29) is 32.7 Å². The van der Waals surface area contributed by atoms with Crippen molar-refractivity contribution in [3.63, 3.8) is 0 Å². The van der Waals surface area contributed by atoms with Crippen LogP contribution in [-0.4, -0.2) is 66.9 Å². The molecule has 0 spiro atoms. The normalized spacial score (nSPS) is 11.5. The highest BCUT2D eigenvalue weighted by atomic mass is 16.5. The third-order valence-electron chi connectivity index (χ3n) is 3.79. The Morgan fingerprint density at radius 2 is 1.74 bits per heavy atom. The van der Waals surface area contributed by atoms with Crippen LogP contribution in [0.15, 0.2) is 24.3 Å². The van der Waals surface area contributed by atoms with Crippen molar-refractivity contribution in [2.24, 2.45) is 5.73 Å². The molecule has 1 aromatic carbocycles. The molecule has 0 aliphatic heterocycles. The molecule has 1 rings (SSSR count). The third-order valence-corrected chi connectivity index (χ3v) is 3.79. The highest BCUT2D eigenvalue weighted by Crippen LogP contribution is 2.15. The summed E-state index contributed by atoms with van der Waals surface area (Å²) in [5, 5.41) is 20.7. The van der Waals surface area contributed by atoms with E-state index in [4.69, 9.17) is 20.7 Å². The van der Waals surface area contributed by atoms with Crippen LogP contribution in [0.4, 0.5) is 5.69 Å². The van der Waals surface area contributed by atoms with E-state index < -0.39 is 23.8 Å². The molecule has 1 atom stereocenters. The molecule has 0 fully saturated rings. The first-order valence-electron chi connectivity index (χ1n) is 8.75. The maximum atomic E-state index is 12.4. The van der Waals surface area contributed by atoms with Gasteiger partial charge in [0, 0.05) is 30.8 Å². The summed E-state index contributed by atoms with van der Waals surface area (Å²) in [6.45, 7) is 2.37. The molecular weight excluding hydrogens is 354 g/mol. The van der Waals surface area contributed by atoms with Crippen molar-refractivity contribution in [2.45, 2.75) is 25.8 Å². The number of hydrogen-bond donors (Lipinski definition) is 4. The molecule has 0 aliphatic rings. The Morgan fingerprint density at radius 3 is 2.22 bits per heavy atom. The van der Waals surface area contributed by atoms with Crippen LogP contribution in [-0.2, 0) is 14.3 Å². The zero-order valence-corrected chi connectivity index (χ0v) is 15.4. The van der Waals surface area contributed by atoms with E-state index in [1.54, 1.807) is 36.1 Å². The minimum atomic E-state index is -0.968. The second kappa shape index (κ2) is 11.9. The first-order valence-corrected chi connectivity index (χ1v) is 8.75. The Balaban J connectivity index is 2.82. The largest absolute Gasteiger partial charge is 0.464 e. The van der Waals surface area contributed by atoms with E-state index in [2.05, 4.69) is 5.32 Å². The van der Waals surface area contributed by atoms with Crippen LogP contribution < -0.4 is 16.0 Å². The number of amides is 2. The minimum Gasteiger partial charge on any atom is -0.464 e. The van der Waals surface area contributed by atoms with Gasteiger partial charge in [-0.25, -0.2) is 4.79 Å². The van der Waals surface area contributed by atoms with Crippen LogP contribution in [0.2, 0.25) is 0 Å². The smallest absolute Gasteiger partial charge is 0.328 e. The van der Waals surface area contributed by atoms with Gasteiger partial charge in [0.15, 0.2) is 0 Å². The van der Waals surface area contributed by atoms with Gasteiger partial charge in [-0.1, -0.05) is 0 Å². The van der Waals surface area contributed by atoms with Crippen molar-refractivity contribution in [1.29, 1.82) is 0 Å². The molecule has 0 saturated heterocycles. The number of esters is 1. The number of aliphatic hydroxyl groups excluding tert-OH is 2. The van der Waals surface area contributed by atoms with E-state index in [0.717, 1.165) is 5.69 Å². The van der Waals surface area contributed by atoms with Gasteiger partial charge in [0.1, 0.15) is 6.04 Å². The second-order valence-electron chi connectivity index (χ2n) is 5.76. The molecule has 150 valence electrons. The Kier molecular flexibility index (Phi) is 9.84. The van der Waals surface area contributed by atoms with Gasteiger partial charge >= 0.3 is 5.97 Å². The maximum absolute atomic E-state index is 12.4. The molecule has 0 unspecified atom stereocenters. The van der Waals surface area contributed by atoms with Gasteiger partial charge in [-0.05, 0) is 37.6 Å². The van der Waals surface area contributed by atoms with Crippen molar-refractivity contribution in [2.75, 3.05) is 37.8 Å². The molecule has 0 aromatic heterocycles. The van der Waals surface area contributed by atoms with E-state index in [9.17, 15) is 14.4 Å². The number of rotatable bonds is 12. The number of nitrogens with zero attached hydrogens (tertiary/aromatic N) is 1. The standard InChI is InChI=1S/C18H27N3O6/c1-2-27-18(26)15(7-8-16(19)24)20-17(25)13-3-5-14(6-4-13)21(9-11-22)10-12-23/h3-6,15,22-23H,2,7-12H2,1H3,(H2,19,24)(H,20,25)/t15-/m0/s1. The molecule has 5 N–H and O–H groups in total. The van der Waals surface area contributed by atoms with Gasteiger partial charge in [0.2, 0.25) is 5.91 Å². The summed E-state index contributed by atoms with van der Waals surface area (Å²) in [6, 6.07) is 5.54. The number of primary amides is 1. The van der Waals surface area contributed by atoms with Gasteiger partial charge in [-0.15, -0.1) is 0 Å². The lowest BCUT2D eigenvalue weighted by atomic mass is 10.1. The summed E-state index contributed by atoms with van der Waals surface area (Å²) in [4.78, 5) is 37.1. The van der Waals surface area contributed by atoms with Crippen LogP contribution >= 0.6 is 0 Å². The topological polar surface area (TPSA) is 142 Å². The molecule has 9 nitrogen and oxygen atoms in total. The lowest BCUT2D eigenvalue weighted by Gasteiger charge is -2.23. The molecular formula is C18H27N3O6. The highest BCUT2D eigenvalue weighted by molar-refractivity contribution is 5.97. The average Bonchev–Trinajstić information content (AvgIpc) is 2.65. The first kappa shape index (κ1) is 22.4. The molecule has 0 bridgehead atoms. The van der Waals surface area contributed by atoms with Crippen LogP contribution in [0.5, 0.6) is 0 Å². The van der Waals surface area contributed by atoms with E-state index in [1.807, 2.05) is 0 Å². The number of benzene rings is 1. The summed E-state index contributed by atoms with van der Waals surface area (Å²) in [6.07, 6.45) is -0.00124. The monoisotopic (exact) mass is 381 g/mol. The van der Waals surface area contributed by atoms with Crippen molar-refractivity contribution in [1.82, 2.24) is 5.32 Å². The molecule has 0 heterocycles. The lowest BCUT2D eigenvalue weighted by Crippen LogP contribution is -2.42. The maximum Gasteiger partial charge on any atom is 0.328 e. The highest BCUT2D eigenvalue weighted by Gasteiger charge is 2.23. The Morgan fingerprint density at radius 1 is 1.15 bits per heavy atom. The average molecular weight is 381 g/mol. The second-order valence-corrected chi connectivity index (χ2v) is 5.76. The summed E-state index contributed by atoms with van der Waals surface area (Å²) < 4.78 is 4.92. The minimum absolute atomic E-state index is 0.0543. The van der Waals surface area contributed by atoms with Gasteiger partial charge < -0.3 is 30.9 Å². The fourth-order valence-electron chi connectivity index (χ4n) is 2.46. The number of nitrogens with one attached hydrogen (secondary N) is 1. The number of anilines is 1. The predicted molar refractivity (Wildman–Crippen MR) is 99.1 cm³/mol. The number of aliphatic hydroxyl groups is 2. The van der Waals surface area contributed by atoms with Gasteiger partial charge in [-0.2, -0.15) is 0 Å². The number of carbonyl (C=O) groups is 3. The van der Waals surface area contributed by atoms with E-state index >= 15 is 0 Å². The Labute approximate surface area is 158 Å². The fourth-order valence-corrected chi connectivity index (χ4v) is 2.46. The van der Waals surface area contributed by atoms with E-state index in [1.165, 1.54) is 0 Å². The van der Waals surface area contributed by atoms with Crippen LogP contribution in [0.25, 0.3) is 0 Å². The first-order chi connectivity index (χ1) is 12.9. The Hall–Kier alpha value is -2.65. The number of hydrogen-bond acceptors (Lipinski definition) is 7. The zero-order valence-electron chi connectivity index (χ0n) is 15.4. The Bertz CT molecular complexity index is 614. The van der Waals surface area contributed by atoms with Crippen molar-refractivity contribution in [3.05, 3.63) is 29.8 Å². The SMILES string of the molecule is CCOC(=O)[C@H](CCC(N)=O)NC(=O)c1ccc(N(CCO)CCO)cc1. The molecule has 9 heteroatoms. The number of nitrogens with two attached hydrogens (primary N) is 1. The molecule has 0 radical (unpaired) electrons. The van der Waals surface area contributed by atoms with Crippen molar-refractivity contribution >= 4 is 23.5 Å². The number of carbonyl (C=O) groups excluding carboxylic acids is 3. The summed E-state index contributed by atoms with van der Waals surface area (Å²) in [7, 11) is 0. The van der Waals surface area contributed by atoms with Crippen LogP contribution in [0.3, 0.4) is 0 Å².